The summed E-state index contributed by atoms with van der Waals surface area (Å²) in [6, 6.07) is 6.42. The lowest BCUT2D eigenvalue weighted by molar-refractivity contribution is -0.114. The molecule has 0 aromatic heterocycles. The molecular weight excluding hydrogens is 293 g/mol. The monoisotopic (exact) mass is 313 g/mol. The van der Waals surface area contributed by atoms with Crippen LogP contribution in [0.2, 0.25) is 0 Å². The van der Waals surface area contributed by atoms with Crippen LogP contribution in [0.5, 0.6) is 0 Å². The minimum absolute atomic E-state index is 0.00926. The molecule has 120 valence electrons. The van der Waals surface area contributed by atoms with Crippen molar-refractivity contribution in [3.05, 3.63) is 46.4 Å². The van der Waals surface area contributed by atoms with Crippen LogP contribution in [0.4, 0.5) is 4.39 Å². The van der Waals surface area contributed by atoms with Crippen molar-refractivity contribution in [1.29, 1.82) is 5.26 Å². The van der Waals surface area contributed by atoms with E-state index in [0.717, 1.165) is 18.0 Å². The van der Waals surface area contributed by atoms with Crippen LogP contribution in [0.25, 0.3) is 0 Å². The fourth-order valence-corrected chi connectivity index (χ4v) is 2.64. The van der Waals surface area contributed by atoms with Crippen molar-refractivity contribution in [1.82, 2.24) is 4.90 Å². The Bertz CT molecular complexity index is 724. The highest BCUT2D eigenvalue weighted by atomic mass is 19.1. The van der Waals surface area contributed by atoms with Crippen LogP contribution in [-0.4, -0.2) is 29.5 Å². The van der Waals surface area contributed by atoms with E-state index in [1.54, 1.807) is 19.1 Å². The van der Waals surface area contributed by atoms with Gasteiger partial charge in [-0.05, 0) is 32.9 Å². The molecule has 23 heavy (non-hydrogen) atoms. The Balaban J connectivity index is 2.19. The second-order valence-electron chi connectivity index (χ2n) is 5.92. The molecule has 2 rings (SSSR count). The summed E-state index contributed by atoms with van der Waals surface area (Å²) in [7, 11) is 0. The zero-order valence-electron chi connectivity index (χ0n) is 13.7. The van der Waals surface area contributed by atoms with Gasteiger partial charge in [-0.2, -0.15) is 5.26 Å². The van der Waals surface area contributed by atoms with Gasteiger partial charge in [-0.1, -0.05) is 6.07 Å². The molecule has 0 aliphatic carbocycles. The SMILES string of the molecule is CC(=O)C1=C(N=C(C)C)CCN(Cc2ccc(C#N)cc2F)C1. The van der Waals surface area contributed by atoms with Gasteiger partial charge in [0, 0.05) is 48.6 Å². The fourth-order valence-electron chi connectivity index (χ4n) is 2.64. The number of nitriles is 1. The highest BCUT2D eigenvalue weighted by molar-refractivity contribution is 5.95. The minimum atomic E-state index is -0.384. The maximum absolute atomic E-state index is 14.0. The lowest BCUT2D eigenvalue weighted by atomic mass is 10.0. The van der Waals surface area contributed by atoms with Crippen LogP contribution in [-0.2, 0) is 11.3 Å². The Kier molecular flexibility index (Phi) is 5.41. The molecule has 4 nitrogen and oxygen atoms in total. The van der Waals surface area contributed by atoms with E-state index in [2.05, 4.69) is 4.99 Å². The number of halogens is 1. The Labute approximate surface area is 135 Å². The van der Waals surface area contributed by atoms with Gasteiger partial charge in [-0.25, -0.2) is 4.39 Å². The molecule has 1 aromatic carbocycles. The van der Waals surface area contributed by atoms with Crippen molar-refractivity contribution in [2.45, 2.75) is 33.7 Å². The van der Waals surface area contributed by atoms with Gasteiger partial charge in [0.05, 0.1) is 11.6 Å². The number of aliphatic imine (C=N–C) groups is 1. The van der Waals surface area contributed by atoms with Crippen LogP contribution in [0.1, 0.15) is 38.3 Å². The van der Waals surface area contributed by atoms with Crippen LogP contribution in [0.3, 0.4) is 0 Å². The molecule has 0 spiro atoms. The topological polar surface area (TPSA) is 56.5 Å². The third-order valence-electron chi connectivity index (χ3n) is 3.75. The molecule has 0 saturated carbocycles. The number of rotatable bonds is 4. The summed E-state index contributed by atoms with van der Waals surface area (Å²) in [6.45, 7) is 6.97. The molecule has 1 aromatic rings. The molecule has 0 N–H and O–H groups in total. The summed E-state index contributed by atoms with van der Waals surface area (Å²) in [5, 5.41) is 8.79. The van der Waals surface area contributed by atoms with E-state index in [4.69, 9.17) is 5.26 Å². The molecule has 5 heteroatoms. The van der Waals surface area contributed by atoms with Crippen LogP contribution < -0.4 is 0 Å². The molecule has 0 atom stereocenters. The first-order valence-corrected chi connectivity index (χ1v) is 7.56. The first kappa shape index (κ1) is 17.0. The van der Waals surface area contributed by atoms with E-state index in [9.17, 15) is 9.18 Å². The van der Waals surface area contributed by atoms with Crippen molar-refractivity contribution >= 4 is 11.5 Å². The Morgan fingerprint density at radius 2 is 2.13 bits per heavy atom. The van der Waals surface area contributed by atoms with Crippen molar-refractivity contribution < 1.29 is 9.18 Å². The summed E-state index contributed by atoms with van der Waals surface area (Å²) >= 11 is 0. The highest BCUT2D eigenvalue weighted by Gasteiger charge is 2.22. The quantitative estimate of drug-likeness (QED) is 0.802. The largest absolute Gasteiger partial charge is 0.295 e. The second-order valence-corrected chi connectivity index (χ2v) is 5.92. The number of benzene rings is 1. The normalized spacial score (nSPS) is 15.3. The minimum Gasteiger partial charge on any atom is -0.295 e. The first-order valence-electron chi connectivity index (χ1n) is 7.56. The Morgan fingerprint density at radius 1 is 1.39 bits per heavy atom. The van der Waals surface area contributed by atoms with Crippen molar-refractivity contribution in [3.8, 4) is 6.07 Å². The maximum Gasteiger partial charge on any atom is 0.158 e. The molecular formula is C18H20FN3O. The summed E-state index contributed by atoms with van der Waals surface area (Å²) in [6.07, 6.45) is 0.679. The zero-order chi connectivity index (χ0) is 17.0. The van der Waals surface area contributed by atoms with E-state index >= 15 is 0 Å². The van der Waals surface area contributed by atoms with Crippen LogP contribution in [0.15, 0.2) is 34.5 Å². The number of hydrogen-bond donors (Lipinski definition) is 0. The maximum atomic E-state index is 14.0. The fraction of sp³-hybridized carbons (Fsp3) is 0.389. The third-order valence-corrected chi connectivity index (χ3v) is 3.75. The van der Waals surface area contributed by atoms with Crippen molar-refractivity contribution in [3.63, 3.8) is 0 Å². The Hall–Kier alpha value is -2.32. The Morgan fingerprint density at radius 3 is 2.70 bits per heavy atom. The number of hydrogen-bond acceptors (Lipinski definition) is 4. The van der Waals surface area contributed by atoms with Crippen molar-refractivity contribution in [2.75, 3.05) is 13.1 Å². The zero-order valence-corrected chi connectivity index (χ0v) is 13.7. The molecule has 1 aliphatic rings. The van der Waals surface area contributed by atoms with Gasteiger partial charge in [0.2, 0.25) is 0 Å². The summed E-state index contributed by atoms with van der Waals surface area (Å²) in [4.78, 5) is 18.4. The number of carbonyl (C=O) groups excluding carboxylic acids is 1. The summed E-state index contributed by atoms with van der Waals surface area (Å²) < 4.78 is 14.0. The first-order chi connectivity index (χ1) is 10.9. The number of carbonyl (C=O) groups is 1. The van der Waals surface area contributed by atoms with E-state index < -0.39 is 0 Å². The van der Waals surface area contributed by atoms with Gasteiger partial charge < -0.3 is 0 Å². The highest BCUT2D eigenvalue weighted by Crippen LogP contribution is 2.23. The summed E-state index contributed by atoms with van der Waals surface area (Å²) in [5.74, 6) is -0.374. The van der Waals surface area contributed by atoms with Crippen molar-refractivity contribution in [2.24, 2.45) is 4.99 Å². The standard InChI is InChI=1S/C18H20FN3O/c1-12(2)21-18-6-7-22(11-16(18)13(3)23)10-15-5-4-14(9-20)8-17(15)19/h4-5,8H,6-7,10-11H2,1-3H3. The number of Topliss-reactive ketones (excluding diaryl/α,β-unsaturated/α-hetero) is 1. The molecule has 0 saturated heterocycles. The van der Waals surface area contributed by atoms with E-state index in [0.29, 0.717) is 36.2 Å². The van der Waals surface area contributed by atoms with Gasteiger partial charge in [-0.3, -0.25) is 14.7 Å². The number of nitrogens with zero attached hydrogens (tertiary/aromatic N) is 3. The molecule has 0 unspecified atom stereocenters. The van der Waals surface area contributed by atoms with Crippen LogP contribution >= 0.6 is 0 Å². The van der Waals surface area contributed by atoms with Crippen LogP contribution in [0, 0.1) is 17.1 Å². The summed E-state index contributed by atoms with van der Waals surface area (Å²) in [5.41, 5.74) is 3.31. The molecule has 1 aliphatic heterocycles. The predicted octanol–water partition coefficient (Wildman–Crippen LogP) is 3.23. The average molecular weight is 313 g/mol. The van der Waals surface area contributed by atoms with Gasteiger partial charge in [0.15, 0.2) is 5.78 Å². The van der Waals surface area contributed by atoms with E-state index in [1.807, 2.05) is 24.8 Å². The van der Waals surface area contributed by atoms with Gasteiger partial charge in [-0.15, -0.1) is 0 Å². The van der Waals surface area contributed by atoms with Gasteiger partial charge in [0.25, 0.3) is 0 Å². The lowest BCUT2D eigenvalue weighted by Crippen LogP contribution is -2.33. The van der Waals surface area contributed by atoms with E-state index in [-0.39, 0.29) is 11.6 Å². The average Bonchev–Trinajstić information content (AvgIpc) is 2.50. The lowest BCUT2D eigenvalue weighted by Gasteiger charge is -2.29. The molecule has 0 amide bonds. The third kappa shape index (κ3) is 4.33. The smallest absolute Gasteiger partial charge is 0.158 e. The second kappa shape index (κ2) is 7.30. The molecule has 0 radical (unpaired) electrons. The number of ketones is 1. The van der Waals surface area contributed by atoms with Gasteiger partial charge >= 0.3 is 0 Å². The molecule has 0 fully saturated rings. The molecule has 0 bridgehead atoms. The van der Waals surface area contributed by atoms with Gasteiger partial charge in [0.1, 0.15) is 5.82 Å². The molecule has 1 heterocycles. The predicted molar refractivity (Wildman–Crippen MR) is 87.5 cm³/mol. The van der Waals surface area contributed by atoms with E-state index in [1.165, 1.54) is 6.07 Å².